The van der Waals surface area contributed by atoms with Crippen molar-refractivity contribution >= 4 is 25.1 Å². The Morgan fingerprint density at radius 3 is 3.05 bits per heavy atom. The van der Waals surface area contributed by atoms with Gasteiger partial charge in [-0.1, -0.05) is 12.1 Å². The van der Waals surface area contributed by atoms with Gasteiger partial charge in [-0.2, -0.15) is 0 Å². The minimum atomic E-state index is 0.580. The van der Waals surface area contributed by atoms with Gasteiger partial charge in [-0.15, -0.1) is 0 Å². The third-order valence-electron chi connectivity index (χ3n) is 3.25. The lowest BCUT2D eigenvalue weighted by molar-refractivity contribution is 0.915. The van der Waals surface area contributed by atoms with E-state index in [1.54, 1.807) is 12.3 Å². The Labute approximate surface area is 111 Å². The van der Waals surface area contributed by atoms with E-state index in [9.17, 15) is 0 Å². The van der Waals surface area contributed by atoms with Crippen LogP contribution in [0.2, 0.25) is 0 Å². The molecule has 19 heavy (non-hydrogen) atoms. The predicted molar refractivity (Wildman–Crippen MR) is 76.6 cm³/mol. The zero-order valence-corrected chi connectivity index (χ0v) is 10.0. The molecule has 0 fully saturated rings. The van der Waals surface area contributed by atoms with E-state index in [1.807, 2.05) is 24.3 Å². The van der Waals surface area contributed by atoms with E-state index in [0.717, 1.165) is 28.6 Å². The first kappa shape index (κ1) is 10.3. The van der Waals surface area contributed by atoms with Crippen molar-refractivity contribution < 1.29 is 0 Å². The molecule has 0 saturated carbocycles. The number of nitrogens with zero attached hydrogens (tertiary/aromatic N) is 2. The molecular formula is C14H9BN4. The fourth-order valence-corrected chi connectivity index (χ4v) is 2.43. The molecule has 4 nitrogen and oxygen atoms in total. The van der Waals surface area contributed by atoms with Gasteiger partial charge < -0.3 is 10.6 Å². The highest BCUT2D eigenvalue weighted by Gasteiger charge is 2.32. The van der Waals surface area contributed by atoms with Crippen LogP contribution in [0.3, 0.4) is 0 Å². The average molecular weight is 244 g/mol. The maximum atomic E-state index is 6.08. The Balaban J connectivity index is 1.97. The maximum absolute atomic E-state index is 6.08. The standard InChI is InChI=1S/C14H9BN4/c15-13-14-18-9-4-1-2-5-11(9)19(14)12-6-3-7-16-8-10(12)17-13/h1-6,8,17-18H. The zero-order valence-electron chi connectivity index (χ0n) is 10.0. The van der Waals surface area contributed by atoms with E-state index in [2.05, 4.69) is 32.5 Å². The molecule has 5 heteroatoms. The number of para-hydroxylation sites is 2. The van der Waals surface area contributed by atoms with Gasteiger partial charge in [0.2, 0.25) is 0 Å². The first-order chi connectivity index (χ1) is 9.34. The molecule has 2 N–H and O–H groups in total. The summed E-state index contributed by atoms with van der Waals surface area (Å²) in [6.07, 6.45) is 5.48. The Morgan fingerprint density at radius 1 is 1.21 bits per heavy atom. The van der Waals surface area contributed by atoms with Gasteiger partial charge in [-0.05, 0) is 24.1 Å². The van der Waals surface area contributed by atoms with Crippen molar-refractivity contribution in [1.82, 2.24) is 5.32 Å². The molecule has 3 heterocycles. The number of fused-ring (bicyclic) bond motifs is 5. The van der Waals surface area contributed by atoms with Gasteiger partial charge in [0.1, 0.15) is 13.7 Å². The van der Waals surface area contributed by atoms with E-state index in [4.69, 9.17) is 7.85 Å². The number of benzene rings is 1. The second-order valence-corrected chi connectivity index (χ2v) is 4.38. The molecule has 0 bridgehead atoms. The third-order valence-corrected chi connectivity index (χ3v) is 3.25. The fraction of sp³-hybridized carbons (Fsp3) is 0. The molecule has 4 rings (SSSR count). The van der Waals surface area contributed by atoms with Crippen LogP contribution in [-0.4, -0.2) is 13.7 Å². The van der Waals surface area contributed by atoms with Crippen LogP contribution < -0.4 is 15.5 Å². The van der Waals surface area contributed by atoms with Crippen LogP contribution in [0.1, 0.15) is 0 Å². The van der Waals surface area contributed by atoms with Gasteiger partial charge in [-0.3, -0.25) is 4.90 Å². The molecule has 3 aliphatic rings. The minimum absolute atomic E-state index is 0.580. The quantitative estimate of drug-likeness (QED) is 0.683. The molecule has 1 aromatic carbocycles. The highest BCUT2D eigenvalue weighted by Crippen LogP contribution is 2.42. The number of allylic oxidation sites excluding steroid dienone is 2. The summed E-state index contributed by atoms with van der Waals surface area (Å²) in [6.45, 7) is 0. The Hall–Kier alpha value is -2.65. The molecule has 0 aromatic heterocycles. The number of aliphatic imine (C=N–C) groups is 1. The highest BCUT2D eigenvalue weighted by atomic mass is 15.3. The molecule has 0 spiro atoms. The number of hydrogen-bond acceptors (Lipinski definition) is 4. The monoisotopic (exact) mass is 244 g/mol. The van der Waals surface area contributed by atoms with Crippen molar-refractivity contribution in [3.63, 3.8) is 0 Å². The summed E-state index contributed by atoms with van der Waals surface area (Å²) in [6, 6.07) is 8.09. The largest absolute Gasteiger partial charge is 0.362 e. The van der Waals surface area contributed by atoms with Crippen molar-refractivity contribution in [1.29, 1.82) is 0 Å². The third kappa shape index (κ3) is 1.39. The Morgan fingerprint density at radius 2 is 2.11 bits per heavy atom. The second-order valence-electron chi connectivity index (χ2n) is 4.38. The van der Waals surface area contributed by atoms with E-state index in [0.29, 0.717) is 5.60 Å². The number of rotatable bonds is 0. The summed E-state index contributed by atoms with van der Waals surface area (Å²) in [5.74, 6) is 3.67. The maximum Gasteiger partial charge on any atom is 0.143 e. The van der Waals surface area contributed by atoms with Crippen molar-refractivity contribution in [3.8, 4) is 0 Å². The Kier molecular flexibility index (Phi) is 1.99. The van der Waals surface area contributed by atoms with Crippen LogP contribution in [0, 0.1) is 0 Å². The first-order valence-corrected chi connectivity index (χ1v) is 5.97. The van der Waals surface area contributed by atoms with Crippen molar-refractivity contribution in [2.24, 2.45) is 4.99 Å². The van der Waals surface area contributed by atoms with Gasteiger partial charge in [0.15, 0.2) is 0 Å². The predicted octanol–water partition coefficient (Wildman–Crippen LogP) is 1.78. The van der Waals surface area contributed by atoms with Crippen LogP contribution in [0.5, 0.6) is 0 Å². The van der Waals surface area contributed by atoms with E-state index >= 15 is 0 Å². The average Bonchev–Trinajstić information content (AvgIpc) is 2.67. The van der Waals surface area contributed by atoms with Gasteiger partial charge in [-0.25, -0.2) is 4.99 Å². The summed E-state index contributed by atoms with van der Waals surface area (Å²) >= 11 is 0. The van der Waals surface area contributed by atoms with Crippen LogP contribution in [0.4, 0.5) is 11.4 Å². The van der Waals surface area contributed by atoms with E-state index < -0.39 is 0 Å². The van der Waals surface area contributed by atoms with Crippen LogP contribution >= 0.6 is 0 Å². The molecule has 0 unspecified atom stereocenters. The molecule has 0 aliphatic carbocycles. The van der Waals surface area contributed by atoms with Crippen LogP contribution in [0.25, 0.3) is 0 Å². The number of nitrogens with one attached hydrogen (secondary N) is 2. The van der Waals surface area contributed by atoms with Gasteiger partial charge in [0, 0.05) is 11.7 Å². The molecule has 88 valence electrons. The lowest BCUT2D eigenvalue weighted by Gasteiger charge is -2.32. The van der Waals surface area contributed by atoms with Crippen molar-refractivity contribution in [3.05, 3.63) is 65.4 Å². The molecular weight excluding hydrogens is 235 g/mol. The molecule has 0 atom stereocenters. The van der Waals surface area contributed by atoms with E-state index in [1.165, 1.54) is 0 Å². The van der Waals surface area contributed by atoms with Gasteiger partial charge in [0.25, 0.3) is 0 Å². The number of anilines is 2. The minimum Gasteiger partial charge on any atom is -0.362 e. The first-order valence-electron chi connectivity index (χ1n) is 5.97. The summed E-state index contributed by atoms with van der Waals surface area (Å²) in [5.41, 5.74) is 4.56. The Bertz CT molecular complexity index is 736. The molecule has 3 aliphatic heterocycles. The van der Waals surface area contributed by atoms with Crippen LogP contribution in [-0.2, 0) is 0 Å². The van der Waals surface area contributed by atoms with Crippen molar-refractivity contribution in [2.75, 3.05) is 10.2 Å². The van der Waals surface area contributed by atoms with Crippen molar-refractivity contribution in [2.45, 2.75) is 0 Å². The van der Waals surface area contributed by atoms with Gasteiger partial charge >= 0.3 is 0 Å². The lowest BCUT2D eigenvalue weighted by atomic mass is 10.00. The second kappa shape index (κ2) is 3.67. The molecule has 2 radical (unpaired) electrons. The van der Waals surface area contributed by atoms with E-state index in [-0.39, 0.29) is 0 Å². The fourth-order valence-electron chi connectivity index (χ4n) is 2.43. The lowest BCUT2D eigenvalue weighted by Crippen LogP contribution is -2.35. The SMILES string of the molecule is [B]C1=C2Nc3ccccc3N2C2=CC=C=NC=C2N1. The summed E-state index contributed by atoms with van der Waals surface area (Å²) in [5, 5.41) is 6.48. The van der Waals surface area contributed by atoms with Gasteiger partial charge in [0.05, 0.1) is 29.0 Å². The topological polar surface area (TPSA) is 39.7 Å². The summed E-state index contributed by atoms with van der Waals surface area (Å²) in [7, 11) is 6.08. The molecule has 0 saturated heterocycles. The zero-order chi connectivity index (χ0) is 12.8. The smallest absolute Gasteiger partial charge is 0.143 e. The highest BCUT2D eigenvalue weighted by molar-refractivity contribution is 6.23. The normalized spacial score (nSPS) is 18.6. The van der Waals surface area contributed by atoms with Crippen LogP contribution in [0.15, 0.2) is 70.4 Å². The summed E-state index contributed by atoms with van der Waals surface area (Å²) < 4.78 is 0. The molecule has 0 amide bonds. The molecule has 1 aromatic rings. The summed E-state index contributed by atoms with van der Waals surface area (Å²) in [4.78, 5) is 6.14. The number of hydrogen-bond donors (Lipinski definition) is 2.